The van der Waals surface area contributed by atoms with Crippen molar-refractivity contribution in [1.29, 1.82) is 0 Å². The second kappa shape index (κ2) is 9.88. The molecular formula is C21H26N2O6. The van der Waals surface area contributed by atoms with E-state index in [1.54, 1.807) is 13.0 Å². The number of ether oxygens (including phenoxy) is 3. The molecule has 0 fully saturated rings. The molecule has 2 aromatic carbocycles. The molecule has 2 aromatic rings. The summed E-state index contributed by atoms with van der Waals surface area (Å²) in [6, 6.07) is 4.66. The Balaban J connectivity index is 2.87. The van der Waals surface area contributed by atoms with Crippen molar-refractivity contribution in [2.75, 3.05) is 19.7 Å². The summed E-state index contributed by atoms with van der Waals surface area (Å²) in [5.74, 6) is 0.328. The normalized spacial score (nSPS) is 11.5. The lowest BCUT2D eigenvalue weighted by atomic mass is 9.96. The summed E-state index contributed by atoms with van der Waals surface area (Å²) in [4.78, 5) is 23.5. The predicted molar refractivity (Wildman–Crippen MR) is 111 cm³/mol. The SMILES string of the molecule is CCC(=O)OC(CC=C(C)C)c1cc(OC)c2c(NO)ccc(N=O)c2c1OC. The van der Waals surface area contributed by atoms with Gasteiger partial charge in [-0.2, -0.15) is 0 Å². The number of hydrogen-bond donors (Lipinski definition) is 2. The highest BCUT2D eigenvalue weighted by Gasteiger charge is 2.26. The predicted octanol–water partition coefficient (Wildman–Crippen LogP) is 5.41. The number of nitrogens with zero attached hydrogens (tertiary/aromatic N) is 1. The number of carbonyl (C=O) groups is 1. The number of methoxy groups -OCH3 is 2. The van der Waals surface area contributed by atoms with Crippen LogP contribution in [0.15, 0.2) is 35.0 Å². The fraction of sp³-hybridized carbons (Fsp3) is 0.381. The van der Waals surface area contributed by atoms with E-state index in [9.17, 15) is 14.9 Å². The summed E-state index contributed by atoms with van der Waals surface area (Å²) >= 11 is 0. The van der Waals surface area contributed by atoms with Crippen molar-refractivity contribution in [3.8, 4) is 11.5 Å². The van der Waals surface area contributed by atoms with Crippen LogP contribution in [0.25, 0.3) is 10.8 Å². The first-order chi connectivity index (χ1) is 13.9. The van der Waals surface area contributed by atoms with Gasteiger partial charge in [-0.3, -0.25) is 15.5 Å². The number of rotatable bonds is 9. The van der Waals surface area contributed by atoms with Gasteiger partial charge in [0.25, 0.3) is 0 Å². The molecule has 29 heavy (non-hydrogen) atoms. The average molecular weight is 402 g/mol. The van der Waals surface area contributed by atoms with Crippen molar-refractivity contribution in [3.63, 3.8) is 0 Å². The molecule has 0 heterocycles. The van der Waals surface area contributed by atoms with Gasteiger partial charge >= 0.3 is 5.97 Å². The summed E-state index contributed by atoms with van der Waals surface area (Å²) < 4.78 is 16.8. The third kappa shape index (κ3) is 4.65. The highest BCUT2D eigenvalue weighted by molar-refractivity contribution is 6.08. The fourth-order valence-electron chi connectivity index (χ4n) is 3.11. The minimum Gasteiger partial charge on any atom is -0.496 e. The summed E-state index contributed by atoms with van der Waals surface area (Å²) in [6.45, 7) is 5.61. The Hall–Kier alpha value is -3.13. The second-order valence-corrected chi connectivity index (χ2v) is 6.64. The van der Waals surface area contributed by atoms with Crippen LogP contribution in [0.5, 0.6) is 11.5 Å². The van der Waals surface area contributed by atoms with Gasteiger partial charge in [-0.25, -0.2) is 0 Å². The van der Waals surface area contributed by atoms with Crippen LogP contribution in [0.2, 0.25) is 0 Å². The Morgan fingerprint density at radius 3 is 2.48 bits per heavy atom. The van der Waals surface area contributed by atoms with E-state index in [1.165, 1.54) is 26.4 Å². The molecule has 0 aromatic heterocycles. The van der Waals surface area contributed by atoms with Crippen molar-refractivity contribution in [2.24, 2.45) is 5.18 Å². The molecule has 8 heteroatoms. The van der Waals surface area contributed by atoms with Crippen molar-refractivity contribution in [2.45, 2.75) is 39.7 Å². The van der Waals surface area contributed by atoms with Gasteiger partial charge in [0.2, 0.25) is 0 Å². The summed E-state index contributed by atoms with van der Waals surface area (Å²) in [6.07, 6.45) is 1.93. The molecule has 8 nitrogen and oxygen atoms in total. The molecule has 0 aliphatic carbocycles. The topological polar surface area (TPSA) is 106 Å². The lowest BCUT2D eigenvalue weighted by Gasteiger charge is -2.23. The van der Waals surface area contributed by atoms with E-state index in [4.69, 9.17) is 14.2 Å². The second-order valence-electron chi connectivity index (χ2n) is 6.64. The molecule has 1 unspecified atom stereocenters. The van der Waals surface area contributed by atoms with E-state index >= 15 is 0 Å². The lowest BCUT2D eigenvalue weighted by Crippen LogP contribution is -2.12. The molecule has 0 bridgehead atoms. The van der Waals surface area contributed by atoms with Gasteiger partial charge in [-0.15, -0.1) is 4.91 Å². The van der Waals surface area contributed by atoms with Crippen molar-refractivity contribution in [1.82, 2.24) is 0 Å². The van der Waals surface area contributed by atoms with E-state index < -0.39 is 6.10 Å². The van der Waals surface area contributed by atoms with Crippen LogP contribution < -0.4 is 15.0 Å². The van der Waals surface area contributed by atoms with Gasteiger partial charge in [0, 0.05) is 18.4 Å². The highest BCUT2D eigenvalue weighted by Crippen LogP contribution is 2.48. The maximum absolute atomic E-state index is 12.1. The molecule has 0 radical (unpaired) electrons. The van der Waals surface area contributed by atoms with E-state index in [-0.39, 0.29) is 18.1 Å². The minimum atomic E-state index is -0.657. The van der Waals surface area contributed by atoms with Crippen LogP contribution in [0.1, 0.15) is 45.3 Å². The Morgan fingerprint density at radius 1 is 1.24 bits per heavy atom. The number of nitroso groups, excluding NO2 is 1. The van der Waals surface area contributed by atoms with Gasteiger partial charge in [0.1, 0.15) is 23.3 Å². The quantitative estimate of drug-likeness (QED) is 0.250. The first-order valence-corrected chi connectivity index (χ1v) is 9.19. The molecule has 0 saturated heterocycles. The molecule has 0 aliphatic heterocycles. The Labute approximate surface area is 169 Å². The standard InChI is InChI=1S/C21H26N2O6/c1-6-18(24)29-16(10-7-12(2)3)13-11-17(27-4)19-14(22-25)8-9-15(23-26)20(19)21(13)28-5/h7-9,11,16,22,25H,6,10H2,1-5H3. The van der Waals surface area contributed by atoms with Crippen LogP contribution >= 0.6 is 0 Å². The van der Waals surface area contributed by atoms with E-state index in [0.29, 0.717) is 39.9 Å². The number of benzene rings is 2. The number of hydrogen-bond acceptors (Lipinski definition) is 8. The van der Waals surface area contributed by atoms with E-state index in [0.717, 1.165) is 5.57 Å². The monoisotopic (exact) mass is 402 g/mol. The third-order valence-corrected chi connectivity index (χ3v) is 4.50. The number of anilines is 1. The van der Waals surface area contributed by atoms with E-state index in [1.807, 2.05) is 19.9 Å². The molecule has 0 amide bonds. The smallest absolute Gasteiger partial charge is 0.306 e. The number of nitrogens with one attached hydrogen (secondary N) is 1. The Morgan fingerprint density at radius 2 is 1.97 bits per heavy atom. The lowest BCUT2D eigenvalue weighted by molar-refractivity contribution is -0.149. The maximum Gasteiger partial charge on any atom is 0.306 e. The molecule has 2 rings (SSSR count). The number of esters is 1. The largest absolute Gasteiger partial charge is 0.496 e. The van der Waals surface area contributed by atoms with Gasteiger partial charge < -0.3 is 14.2 Å². The molecule has 0 aliphatic rings. The van der Waals surface area contributed by atoms with Crippen LogP contribution in [0, 0.1) is 4.91 Å². The molecular weight excluding hydrogens is 376 g/mol. The summed E-state index contributed by atoms with van der Waals surface area (Å²) in [5.41, 5.74) is 4.14. The molecule has 0 spiro atoms. The number of allylic oxidation sites excluding steroid dienone is 1. The van der Waals surface area contributed by atoms with Crippen LogP contribution in [0.3, 0.4) is 0 Å². The number of carbonyl (C=O) groups excluding carboxylic acids is 1. The summed E-state index contributed by atoms with van der Waals surface area (Å²) in [7, 11) is 2.92. The molecule has 0 saturated carbocycles. The minimum absolute atomic E-state index is 0.110. The van der Waals surface area contributed by atoms with Gasteiger partial charge in [-0.05, 0) is 37.2 Å². The first kappa shape index (κ1) is 22.2. The average Bonchev–Trinajstić information content (AvgIpc) is 2.74. The zero-order valence-corrected chi connectivity index (χ0v) is 17.2. The van der Waals surface area contributed by atoms with Gasteiger partial charge in [-0.1, -0.05) is 18.6 Å². The molecule has 1 atom stereocenters. The van der Waals surface area contributed by atoms with Crippen molar-refractivity contribution in [3.05, 3.63) is 40.3 Å². The zero-order chi connectivity index (χ0) is 21.6. The van der Waals surface area contributed by atoms with Crippen LogP contribution in [-0.4, -0.2) is 25.4 Å². The maximum atomic E-state index is 12.1. The van der Waals surface area contributed by atoms with Gasteiger partial charge in [0.05, 0.1) is 30.7 Å². The summed E-state index contributed by atoms with van der Waals surface area (Å²) in [5, 5.41) is 13.4. The molecule has 156 valence electrons. The molecule has 2 N–H and O–H groups in total. The van der Waals surface area contributed by atoms with Gasteiger partial charge in [0.15, 0.2) is 0 Å². The van der Waals surface area contributed by atoms with Crippen molar-refractivity contribution >= 4 is 28.1 Å². The van der Waals surface area contributed by atoms with Crippen LogP contribution in [0.4, 0.5) is 11.4 Å². The third-order valence-electron chi connectivity index (χ3n) is 4.50. The fourth-order valence-corrected chi connectivity index (χ4v) is 3.11. The first-order valence-electron chi connectivity index (χ1n) is 9.19. The van der Waals surface area contributed by atoms with Crippen molar-refractivity contribution < 1.29 is 24.2 Å². The Kier molecular flexibility index (Phi) is 7.55. The highest BCUT2D eigenvalue weighted by atomic mass is 16.5. The van der Waals surface area contributed by atoms with E-state index in [2.05, 4.69) is 10.7 Å². The zero-order valence-electron chi connectivity index (χ0n) is 17.2. The van der Waals surface area contributed by atoms with Crippen LogP contribution in [-0.2, 0) is 9.53 Å². The Bertz CT molecular complexity index is 935. The number of fused-ring (bicyclic) bond motifs is 1.